The normalized spacial score (nSPS) is 19.6. The molecule has 2 aromatic carbocycles. The zero-order valence-corrected chi connectivity index (χ0v) is 17.9. The molecule has 0 spiro atoms. The average Bonchev–Trinajstić information content (AvgIpc) is 2.70. The van der Waals surface area contributed by atoms with Gasteiger partial charge < -0.3 is 5.32 Å². The van der Waals surface area contributed by atoms with Gasteiger partial charge in [-0.2, -0.15) is 12.7 Å². The number of nitrogens with zero attached hydrogens (tertiary/aromatic N) is 3. The van der Waals surface area contributed by atoms with E-state index in [1.54, 1.807) is 25.1 Å². The molecular weight excluding hydrogens is 431 g/mol. The van der Waals surface area contributed by atoms with Crippen LogP contribution in [0.1, 0.15) is 5.56 Å². The monoisotopic (exact) mass is 452 g/mol. The first-order valence-electron chi connectivity index (χ1n) is 9.35. The van der Waals surface area contributed by atoms with Crippen molar-refractivity contribution in [2.24, 2.45) is 4.40 Å². The lowest BCUT2D eigenvalue weighted by Crippen LogP contribution is -2.50. The Balaban J connectivity index is 1.45. The van der Waals surface area contributed by atoms with Crippen molar-refractivity contribution in [2.45, 2.75) is 16.7 Å². The van der Waals surface area contributed by atoms with E-state index < -0.39 is 25.9 Å². The van der Waals surface area contributed by atoms with Crippen LogP contribution < -0.4 is 5.32 Å². The van der Waals surface area contributed by atoms with Gasteiger partial charge in [0.15, 0.2) is 0 Å². The number of hydrogen-bond acceptors (Lipinski definition) is 6. The second-order valence-corrected chi connectivity index (χ2v) is 10.7. The van der Waals surface area contributed by atoms with Gasteiger partial charge in [-0.25, -0.2) is 12.8 Å². The van der Waals surface area contributed by atoms with Crippen molar-refractivity contribution in [2.75, 3.05) is 38.0 Å². The highest BCUT2D eigenvalue weighted by Gasteiger charge is 2.31. The maximum atomic E-state index is 13.6. The number of fused-ring (bicyclic) bond motifs is 1. The summed E-state index contributed by atoms with van der Waals surface area (Å²) in [4.78, 5) is 2.03. The number of sulfonamides is 2. The van der Waals surface area contributed by atoms with E-state index in [0.29, 0.717) is 30.2 Å². The molecule has 1 fully saturated rings. The highest BCUT2D eigenvalue weighted by atomic mass is 32.2. The van der Waals surface area contributed by atoms with Gasteiger partial charge in [0.2, 0.25) is 10.0 Å². The van der Waals surface area contributed by atoms with Gasteiger partial charge >= 0.3 is 0 Å². The predicted molar refractivity (Wildman–Crippen MR) is 111 cm³/mol. The first-order chi connectivity index (χ1) is 14.2. The van der Waals surface area contributed by atoms with Crippen molar-refractivity contribution in [3.8, 4) is 0 Å². The summed E-state index contributed by atoms with van der Waals surface area (Å²) in [5.41, 5.74) is 0.966. The van der Waals surface area contributed by atoms with Crippen LogP contribution in [0.15, 0.2) is 56.7 Å². The summed E-state index contributed by atoms with van der Waals surface area (Å²) >= 11 is 0. The Kier molecular flexibility index (Phi) is 5.39. The lowest BCUT2D eigenvalue weighted by atomic mass is 10.2. The Morgan fingerprint density at radius 3 is 2.53 bits per heavy atom. The summed E-state index contributed by atoms with van der Waals surface area (Å²) in [5, 5.41) is 3.04. The summed E-state index contributed by atoms with van der Waals surface area (Å²) in [5.74, 6) is -0.299. The van der Waals surface area contributed by atoms with E-state index in [-0.39, 0.29) is 29.4 Å². The van der Waals surface area contributed by atoms with Crippen LogP contribution in [-0.4, -0.2) is 64.6 Å². The van der Waals surface area contributed by atoms with Crippen molar-refractivity contribution in [3.63, 3.8) is 0 Å². The Morgan fingerprint density at radius 1 is 1.10 bits per heavy atom. The number of anilines is 1. The molecule has 0 unspecified atom stereocenters. The molecule has 1 saturated heterocycles. The average molecular weight is 453 g/mol. The number of halogens is 1. The fourth-order valence-electron chi connectivity index (χ4n) is 3.57. The first kappa shape index (κ1) is 20.9. The summed E-state index contributed by atoms with van der Waals surface area (Å²) in [7, 11) is -7.57. The molecule has 11 heteroatoms. The lowest BCUT2D eigenvalue weighted by molar-refractivity contribution is 0.209. The Hall–Kier alpha value is -2.34. The van der Waals surface area contributed by atoms with Crippen LogP contribution in [0.25, 0.3) is 0 Å². The number of nitrogens with one attached hydrogen (secondary N) is 1. The van der Waals surface area contributed by atoms with Gasteiger partial charge in [0.05, 0.1) is 17.1 Å². The topological polar surface area (TPSA) is 99.2 Å². The number of aryl methyl sites for hydroxylation is 1. The minimum atomic E-state index is -3.81. The Labute approximate surface area is 175 Å². The van der Waals surface area contributed by atoms with Crippen molar-refractivity contribution < 1.29 is 21.2 Å². The Bertz CT molecular complexity index is 1220. The molecule has 4 rings (SSSR count). The molecule has 0 bridgehead atoms. The summed E-state index contributed by atoms with van der Waals surface area (Å²) < 4.78 is 69.3. The molecule has 8 nitrogen and oxygen atoms in total. The number of benzene rings is 2. The number of hydrogen-bond donors (Lipinski definition) is 1. The van der Waals surface area contributed by atoms with Gasteiger partial charge in [-0.15, -0.1) is 4.40 Å². The fraction of sp³-hybridized carbons (Fsp3) is 0.316. The third kappa shape index (κ3) is 3.97. The second-order valence-electron chi connectivity index (χ2n) is 7.22. The lowest BCUT2D eigenvalue weighted by Gasteiger charge is -2.34. The highest BCUT2D eigenvalue weighted by Crippen LogP contribution is 2.27. The molecule has 1 N–H and O–H groups in total. The van der Waals surface area contributed by atoms with Crippen LogP contribution >= 0.6 is 0 Å². The molecule has 0 aliphatic carbocycles. The van der Waals surface area contributed by atoms with Crippen LogP contribution in [-0.2, 0) is 20.0 Å². The van der Waals surface area contributed by atoms with Crippen LogP contribution in [0.5, 0.6) is 0 Å². The van der Waals surface area contributed by atoms with Gasteiger partial charge in [0.1, 0.15) is 16.5 Å². The zero-order valence-electron chi connectivity index (χ0n) is 16.2. The third-order valence-corrected chi connectivity index (χ3v) is 8.56. The van der Waals surface area contributed by atoms with Gasteiger partial charge in [0.25, 0.3) is 10.0 Å². The SMILES string of the molecule is Cc1ccc(F)cc1S(=O)(=O)N1CCN(CC2=NS(=O)(=O)c3ccccc3N2)CC1. The van der Waals surface area contributed by atoms with E-state index >= 15 is 0 Å². The molecule has 2 aromatic rings. The third-order valence-electron chi connectivity index (χ3n) is 5.15. The van der Waals surface area contributed by atoms with Gasteiger partial charge in [-0.1, -0.05) is 18.2 Å². The molecule has 0 radical (unpaired) electrons. The fourth-order valence-corrected chi connectivity index (χ4v) is 6.36. The van der Waals surface area contributed by atoms with E-state index in [1.807, 2.05) is 4.90 Å². The molecule has 2 heterocycles. The van der Waals surface area contributed by atoms with E-state index in [2.05, 4.69) is 9.71 Å². The highest BCUT2D eigenvalue weighted by molar-refractivity contribution is 7.90. The summed E-state index contributed by atoms with van der Waals surface area (Å²) in [6.45, 7) is 3.12. The number of amidine groups is 1. The first-order valence-corrected chi connectivity index (χ1v) is 12.2. The van der Waals surface area contributed by atoms with E-state index in [4.69, 9.17) is 0 Å². The second kappa shape index (κ2) is 7.73. The molecule has 2 aliphatic heterocycles. The number of piperazine rings is 1. The molecule has 0 saturated carbocycles. The minimum Gasteiger partial charge on any atom is -0.341 e. The van der Waals surface area contributed by atoms with Gasteiger partial charge in [0, 0.05) is 26.2 Å². The predicted octanol–water partition coefficient (Wildman–Crippen LogP) is 1.65. The number of rotatable bonds is 4. The van der Waals surface area contributed by atoms with Crippen molar-refractivity contribution in [1.82, 2.24) is 9.21 Å². The van der Waals surface area contributed by atoms with Crippen molar-refractivity contribution >= 4 is 31.6 Å². The largest absolute Gasteiger partial charge is 0.341 e. The van der Waals surface area contributed by atoms with Gasteiger partial charge in [-0.05, 0) is 36.8 Å². The van der Waals surface area contributed by atoms with Crippen molar-refractivity contribution in [1.29, 1.82) is 0 Å². The minimum absolute atomic E-state index is 0.0306. The van der Waals surface area contributed by atoms with Crippen LogP contribution in [0, 0.1) is 12.7 Å². The van der Waals surface area contributed by atoms with Crippen molar-refractivity contribution in [3.05, 3.63) is 53.8 Å². The van der Waals surface area contributed by atoms with Crippen LogP contribution in [0.4, 0.5) is 10.1 Å². The molecule has 0 atom stereocenters. The van der Waals surface area contributed by atoms with E-state index in [9.17, 15) is 21.2 Å². The molecule has 2 aliphatic rings. The van der Waals surface area contributed by atoms with Gasteiger partial charge in [-0.3, -0.25) is 4.90 Å². The smallest absolute Gasteiger partial charge is 0.286 e. The summed E-state index contributed by atoms with van der Waals surface area (Å²) in [6, 6.07) is 10.3. The molecule has 0 amide bonds. The molecular formula is C19H21FN4O4S2. The zero-order chi connectivity index (χ0) is 21.5. The summed E-state index contributed by atoms with van der Waals surface area (Å²) in [6.07, 6.45) is 0. The Morgan fingerprint density at radius 2 is 1.80 bits per heavy atom. The van der Waals surface area contributed by atoms with E-state index in [1.165, 1.54) is 22.5 Å². The molecule has 30 heavy (non-hydrogen) atoms. The molecule has 160 valence electrons. The maximum Gasteiger partial charge on any atom is 0.286 e. The standard InChI is InChI=1S/C19H21FN4O4S2/c1-14-6-7-15(20)12-18(14)30(27,28)24-10-8-23(9-11-24)13-19-21-16-4-2-3-5-17(16)29(25,26)22-19/h2-7,12H,8-11,13H2,1H3,(H,21,22). The molecule has 0 aromatic heterocycles. The van der Waals surface area contributed by atoms with Crippen LogP contribution in [0.2, 0.25) is 0 Å². The number of para-hydroxylation sites is 1. The quantitative estimate of drug-likeness (QED) is 0.758. The van der Waals surface area contributed by atoms with Crippen LogP contribution in [0.3, 0.4) is 0 Å². The van der Waals surface area contributed by atoms with E-state index in [0.717, 1.165) is 6.07 Å². The maximum absolute atomic E-state index is 13.6.